The van der Waals surface area contributed by atoms with Crippen LogP contribution >= 0.6 is 0 Å². The van der Waals surface area contributed by atoms with Crippen molar-refractivity contribution >= 4 is 32.4 Å². The van der Waals surface area contributed by atoms with Gasteiger partial charge in [0.05, 0.1) is 10.8 Å². The van der Waals surface area contributed by atoms with Crippen LogP contribution < -0.4 is 17.4 Å². The lowest BCUT2D eigenvalue weighted by atomic mass is 10.0. The summed E-state index contributed by atoms with van der Waals surface area (Å²) in [6.45, 7) is 0. The molecule has 0 saturated carbocycles. The summed E-state index contributed by atoms with van der Waals surface area (Å²) in [5.41, 5.74) is 0.930. The molecule has 0 atom stereocenters. The van der Waals surface area contributed by atoms with E-state index in [-0.39, 0.29) is 12.4 Å². The zero-order valence-electron chi connectivity index (χ0n) is 9.35. The summed E-state index contributed by atoms with van der Waals surface area (Å²) in [6, 6.07) is 10.3. The van der Waals surface area contributed by atoms with E-state index < -0.39 is 0 Å². The highest BCUT2D eigenvalue weighted by Crippen LogP contribution is 2.32. The summed E-state index contributed by atoms with van der Waals surface area (Å²) in [4.78, 5) is 3.13. The van der Waals surface area contributed by atoms with Crippen molar-refractivity contribution in [3.63, 3.8) is 0 Å². The summed E-state index contributed by atoms with van der Waals surface area (Å²) in [5.74, 6) is 0. The largest absolute Gasteiger partial charge is 1.00 e. The van der Waals surface area contributed by atoms with E-state index in [0.29, 0.717) is 0 Å². The molecule has 4 rings (SSSR count). The van der Waals surface area contributed by atoms with E-state index >= 15 is 0 Å². The molecule has 4 aromatic rings. The maximum atomic E-state index is 5.12. The predicted molar refractivity (Wildman–Crippen MR) is 65.6 cm³/mol. The van der Waals surface area contributed by atoms with Crippen LogP contribution in [0.1, 0.15) is 0 Å². The van der Waals surface area contributed by atoms with Crippen LogP contribution in [0.2, 0.25) is 0 Å². The minimum absolute atomic E-state index is 0. The average Bonchev–Trinajstić information content (AvgIpc) is 2.89. The molecule has 0 saturated heterocycles. The van der Waals surface area contributed by atoms with Crippen molar-refractivity contribution in [2.45, 2.75) is 0 Å². The number of hydrogen-bond acceptors (Lipinski definition) is 2. The van der Waals surface area contributed by atoms with Gasteiger partial charge in [0.1, 0.15) is 11.8 Å². The number of hydrogen-bond donors (Lipinski definition) is 0. The molecule has 4 heteroatoms. The fraction of sp³-hybridized carbons (Fsp3) is 0. The molecule has 0 fully saturated rings. The molecule has 0 aliphatic heterocycles. The second kappa shape index (κ2) is 3.96. The monoisotopic (exact) mass is 256 g/mol. The highest BCUT2D eigenvalue weighted by atomic mass is 35.5. The first-order chi connectivity index (χ1) is 8.45. The third-order valence-corrected chi connectivity index (χ3v) is 3.20. The van der Waals surface area contributed by atoms with E-state index in [1.165, 1.54) is 16.2 Å². The number of pyridine rings is 1. The van der Waals surface area contributed by atoms with Crippen LogP contribution in [0.25, 0.3) is 32.4 Å². The topological polar surface area (TPSA) is 40.2 Å². The highest BCUT2D eigenvalue weighted by Gasteiger charge is 2.11. The minimum atomic E-state index is 0. The highest BCUT2D eigenvalue weighted by molar-refractivity contribution is 6.23. The van der Waals surface area contributed by atoms with Crippen LogP contribution in [0.15, 0.2) is 53.5 Å². The molecule has 2 aromatic heterocycles. The van der Waals surface area contributed by atoms with Crippen molar-refractivity contribution in [1.29, 1.82) is 0 Å². The first kappa shape index (κ1) is 11.0. The van der Waals surface area contributed by atoms with Crippen molar-refractivity contribution in [2.24, 2.45) is 0 Å². The summed E-state index contributed by atoms with van der Waals surface area (Å²) >= 11 is 0. The number of fused-ring (bicyclic) bond motifs is 6. The number of aromatic nitrogens is 2. The van der Waals surface area contributed by atoms with Crippen LogP contribution in [-0.4, -0.2) is 5.16 Å². The van der Waals surface area contributed by atoms with Gasteiger partial charge in [-0.15, -0.1) is 0 Å². The quantitative estimate of drug-likeness (QED) is 0.414. The standard InChI is InChI=1S/C14H8N2O.ClH/c1-2-4-11-9(3-1)12-7-15-6-5-10(12)13-8-17-16-14(11)13;/h1-8H;1H. The summed E-state index contributed by atoms with van der Waals surface area (Å²) < 4.78 is 5.12. The number of halogens is 1. The van der Waals surface area contributed by atoms with E-state index in [9.17, 15) is 0 Å². The Balaban J connectivity index is 0.000001000. The van der Waals surface area contributed by atoms with Crippen molar-refractivity contribution < 1.29 is 21.9 Å². The molecule has 0 unspecified atom stereocenters. The van der Waals surface area contributed by atoms with Crippen molar-refractivity contribution in [3.05, 3.63) is 49.0 Å². The maximum absolute atomic E-state index is 5.12. The fourth-order valence-corrected chi connectivity index (χ4v) is 2.43. The van der Waals surface area contributed by atoms with Gasteiger partial charge in [-0.3, -0.25) is 0 Å². The van der Waals surface area contributed by atoms with Crippen LogP contribution in [0, 0.1) is 0 Å². The number of H-pyrrole nitrogens is 1. The van der Waals surface area contributed by atoms with Crippen molar-refractivity contribution in [3.8, 4) is 0 Å². The molecule has 1 N–H and O–H groups in total. The van der Waals surface area contributed by atoms with Gasteiger partial charge in [-0.25, -0.2) is 4.98 Å². The van der Waals surface area contributed by atoms with E-state index in [1.54, 1.807) is 6.26 Å². The van der Waals surface area contributed by atoms with Gasteiger partial charge in [-0.2, -0.15) is 0 Å². The first-order valence-corrected chi connectivity index (χ1v) is 5.50. The Bertz CT molecular complexity index is 784. The Morgan fingerprint density at radius 3 is 2.56 bits per heavy atom. The number of nitrogens with zero attached hydrogens (tertiary/aromatic N) is 1. The third kappa shape index (κ3) is 1.31. The van der Waals surface area contributed by atoms with E-state index in [1.807, 2.05) is 24.5 Å². The number of nitrogens with one attached hydrogen (secondary N) is 1. The van der Waals surface area contributed by atoms with Crippen LogP contribution in [0.3, 0.4) is 0 Å². The molecular formula is C14H9ClN2O. The lowest BCUT2D eigenvalue weighted by molar-refractivity contribution is -0.375. The van der Waals surface area contributed by atoms with Crippen LogP contribution in [0.4, 0.5) is 0 Å². The molecule has 18 heavy (non-hydrogen) atoms. The van der Waals surface area contributed by atoms with Crippen molar-refractivity contribution in [1.82, 2.24) is 5.16 Å². The Hall–Kier alpha value is -2.13. The molecule has 0 aliphatic carbocycles. The van der Waals surface area contributed by atoms with Gasteiger partial charge in [0.25, 0.3) is 0 Å². The van der Waals surface area contributed by atoms with Gasteiger partial charge in [0.2, 0.25) is 0 Å². The van der Waals surface area contributed by atoms with E-state index in [2.05, 4.69) is 28.3 Å². The maximum Gasteiger partial charge on any atom is 0.175 e. The number of rotatable bonds is 0. The lowest BCUT2D eigenvalue weighted by Crippen LogP contribution is -3.00. The van der Waals surface area contributed by atoms with Gasteiger partial charge in [0.15, 0.2) is 12.4 Å². The number of aromatic amines is 1. The van der Waals surface area contributed by atoms with Gasteiger partial charge < -0.3 is 16.9 Å². The molecule has 0 radical (unpaired) electrons. The molecule has 0 spiro atoms. The molecule has 3 nitrogen and oxygen atoms in total. The van der Waals surface area contributed by atoms with Gasteiger partial charge >= 0.3 is 0 Å². The Labute approximate surface area is 109 Å². The van der Waals surface area contributed by atoms with E-state index in [0.717, 1.165) is 16.3 Å². The average molecular weight is 257 g/mol. The smallest absolute Gasteiger partial charge is 0.175 e. The zero-order chi connectivity index (χ0) is 11.2. The molecular weight excluding hydrogens is 248 g/mol. The summed E-state index contributed by atoms with van der Waals surface area (Å²) in [6.07, 6.45) is 5.65. The predicted octanol–water partition coefficient (Wildman–Crippen LogP) is -0.0477. The molecule has 88 valence electrons. The summed E-state index contributed by atoms with van der Waals surface area (Å²) in [7, 11) is 0. The molecule has 0 bridgehead atoms. The first-order valence-electron chi connectivity index (χ1n) is 5.50. The van der Waals surface area contributed by atoms with Crippen LogP contribution in [-0.2, 0) is 0 Å². The Morgan fingerprint density at radius 1 is 0.889 bits per heavy atom. The van der Waals surface area contributed by atoms with Gasteiger partial charge in [0, 0.05) is 16.8 Å². The lowest BCUT2D eigenvalue weighted by Gasteiger charge is -2.01. The van der Waals surface area contributed by atoms with Crippen LogP contribution in [0.5, 0.6) is 0 Å². The normalized spacial score (nSPS) is 10.9. The zero-order valence-corrected chi connectivity index (χ0v) is 10.1. The number of benzene rings is 2. The molecule has 0 amide bonds. The van der Waals surface area contributed by atoms with Crippen molar-refractivity contribution in [2.75, 3.05) is 0 Å². The summed E-state index contributed by atoms with van der Waals surface area (Å²) in [5, 5.41) is 9.86. The second-order valence-electron chi connectivity index (χ2n) is 4.09. The Kier molecular flexibility index (Phi) is 2.42. The molecule has 0 aliphatic rings. The van der Waals surface area contributed by atoms with Gasteiger partial charge in [-0.1, -0.05) is 29.4 Å². The Morgan fingerprint density at radius 2 is 1.67 bits per heavy atom. The second-order valence-corrected chi connectivity index (χ2v) is 4.09. The van der Waals surface area contributed by atoms with E-state index in [4.69, 9.17) is 4.52 Å². The fourth-order valence-electron chi connectivity index (χ4n) is 2.43. The SMILES string of the molecule is [Cl-].c1ccc2c(c1)c1c[nH+]ccc1c1conc21. The minimum Gasteiger partial charge on any atom is -1.00 e. The van der Waals surface area contributed by atoms with Gasteiger partial charge in [-0.05, 0) is 5.39 Å². The molecule has 2 heterocycles. The third-order valence-electron chi connectivity index (χ3n) is 3.20. The molecule has 2 aromatic carbocycles.